The molecule has 4 heteroatoms. The number of nitrogens with zero attached hydrogens (tertiary/aromatic N) is 4. The molecule has 0 spiro atoms. The van der Waals surface area contributed by atoms with Gasteiger partial charge in [-0.3, -0.25) is 0 Å². The zero-order chi connectivity index (χ0) is 43.0. The first-order valence-corrected chi connectivity index (χ1v) is 21.9. The molecule has 8 aromatic rings. The van der Waals surface area contributed by atoms with Crippen LogP contribution in [0.4, 0.5) is 45.5 Å². The highest BCUT2D eigenvalue weighted by molar-refractivity contribution is 5.96. The molecular weight excluding hydrogens is 765 g/mol. The molecule has 0 unspecified atom stereocenters. The Balaban J connectivity index is 0.773. The minimum atomic E-state index is -0.110. The summed E-state index contributed by atoms with van der Waals surface area (Å²) in [5.41, 5.74) is 24.7. The first-order chi connectivity index (χ1) is 30.6. The van der Waals surface area contributed by atoms with Gasteiger partial charge in [0.05, 0.1) is 45.5 Å². The number of hydrogen-bond acceptors (Lipinski definition) is 4. The molecule has 0 aromatic heterocycles. The average Bonchev–Trinajstić information content (AvgIpc) is 3.55. The summed E-state index contributed by atoms with van der Waals surface area (Å²) in [4.78, 5) is 9.16. The second-order valence-corrected chi connectivity index (χ2v) is 17.8. The van der Waals surface area contributed by atoms with Gasteiger partial charge in [0.25, 0.3) is 0 Å². The van der Waals surface area contributed by atoms with Gasteiger partial charge in [0.1, 0.15) is 0 Å². The highest BCUT2D eigenvalue weighted by Gasteiger charge is 2.35. The molecule has 0 N–H and O–H groups in total. The van der Waals surface area contributed by atoms with E-state index in [0.29, 0.717) is 0 Å². The van der Waals surface area contributed by atoms with E-state index in [9.17, 15) is 0 Å². The fourth-order valence-electron chi connectivity index (χ4n) is 10.0. The molecular formula is C59H50N4. The molecule has 0 fully saturated rings. The lowest BCUT2D eigenvalue weighted by molar-refractivity contribution is 0.660. The summed E-state index contributed by atoms with van der Waals surface area (Å²) in [5, 5.41) is 0. The molecule has 0 saturated heterocycles. The van der Waals surface area contributed by atoms with Gasteiger partial charge in [-0.05, 0) is 115 Å². The molecule has 2 aliphatic heterocycles. The topological polar surface area (TPSA) is 13.0 Å². The second kappa shape index (κ2) is 14.8. The molecule has 0 bridgehead atoms. The fourth-order valence-corrected chi connectivity index (χ4v) is 10.0. The smallest absolute Gasteiger partial charge is 0.0656 e. The molecule has 3 aliphatic rings. The Bertz CT molecular complexity index is 2940. The van der Waals surface area contributed by atoms with Crippen molar-refractivity contribution in [2.75, 3.05) is 47.8 Å². The van der Waals surface area contributed by atoms with E-state index in [4.69, 9.17) is 0 Å². The number of hydrogen-bond donors (Lipinski definition) is 0. The van der Waals surface area contributed by atoms with Crippen molar-refractivity contribution in [3.05, 3.63) is 203 Å². The summed E-state index contributed by atoms with van der Waals surface area (Å²) in [6, 6.07) is 62.4. The zero-order valence-corrected chi connectivity index (χ0v) is 36.8. The van der Waals surface area contributed by atoms with Crippen LogP contribution in [0.5, 0.6) is 0 Å². The van der Waals surface area contributed by atoms with Gasteiger partial charge in [-0.25, -0.2) is 0 Å². The van der Waals surface area contributed by atoms with Crippen LogP contribution in [0, 0.1) is 0 Å². The lowest BCUT2D eigenvalue weighted by Gasteiger charge is -2.36. The van der Waals surface area contributed by atoms with E-state index >= 15 is 0 Å². The first-order valence-electron chi connectivity index (χ1n) is 21.9. The number of para-hydroxylation sites is 4. The summed E-state index contributed by atoms with van der Waals surface area (Å²) in [5.74, 6) is 0. The Morgan fingerprint density at radius 1 is 0.302 bits per heavy atom. The Morgan fingerprint density at radius 2 is 0.603 bits per heavy atom. The summed E-state index contributed by atoms with van der Waals surface area (Å²) in [6.07, 6.45) is 8.95. The third-order valence-electron chi connectivity index (χ3n) is 13.8. The number of fused-ring (bicyclic) bond motifs is 7. The zero-order valence-electron chi connectivity index (χ0n) is 36.8. The number of benzene rings is 8. The van der Waals surface area contributed by atoms with Gasteiger partial charge < -0.3 is 19.6 Å². The first kappa shape index (κ1) is 38.4. The maximum atomic E-state index is 2.38. The van der Waals surface area contributed by atoms with Crippen molar-refractivity contribution < 1.29 is 0 Å². The Morgan fingerprint density at radius 3 is 0.984 bits per heavy atom. The molecule has 1 aliphatic carbocycles. The van der Waals surface area contributed by atoms with E-state index in [1.807, 2.05) is 0 Å². The van der Waals surface area contributed by atoms with Crippen LogP contribution in [0.1, 0.15) is 47.2 Å². The molecule has 0 saturated carbocycles. The van der Waals surface area contributed by atoms with Gasteiger partial charge >= 0.3 is 0 Å². The summed E-state index contributed by atoms with van der Waals surface area (Å²) in [7, 11) is 8.62. The molecule has 11 rings (SSSR count). The Hall–Kier alpha value is -7.56. The van der Waals surface area contributed by atoms with Crippen LogP contribution in [0.2, 0.25) is 0 Å². The van der Waals surface area contributed by atoms with E-state index in [0.717, 1.165) is 0 Å². The van der Waals surface area contributed by atoms with Crippen molar-refractivity contribution in [2.24, 2.45) is 0 Å². The van der Waals surface area contributed by atoms with Crippen molar-refractivity contribution in [2.45, 2.75) is 19.3 Å². The Kier molecular flexibility index (Phi) is 9.02. The maximum Gasteiger partial charge on any atom is 0.0656 e. The van der Waals surface area contributed by atoms with Gasteiger partial charge in [-0.1, -0.05) is 159 Å². The second-order valence-electron chi connectivity index (χ2n) is 17.8. The largest absolute Gasteiger partial charge is 0.341 e. The minimum absolute atomic E-state index is 0.110. The molecule has 4 nitrogen and oxygen atoms in total. The van der Waals surface area contributed by atoms with E-state index < -0.39 is 0 Å². The van der Waals surface area contributed by atoms with Crippen molar-refractivity contribution in [1.82, 2.24) is 0 Å². The van der Waals surface area contributed by atoms with E-state index in [1.54, 1.807) is 0 Å². The molecule has 0 atom stereocenters. The Labute approximate surface area is 371 Å². The third-order valence-corrected chi connectivity index (χ3v) is 13.8. The van der Waals surface area contributed by atoms with Crippen LogP contribution in [-0.4, -0.2) is 28.2 Å². The molecule has 0 amide bonds. The predicted molar refractivity (Wildman–Crippen MR) is 271 cm³/mol. The quantitative estimate of drug-likeness (QED) is 0.155. The SMILES string of the molecule is CN1c2ccccc2N(C)c2cc(-c3ccc(C=Cc4ccc5c(c4)C(C)(C)c4cc(C=Cc6ccc(-c7ccc8c(c7)N(C)c7ccccc7N8C)cc6)ccc4-5)cc3)ccc21. The molecule has 306 valence electrons. The summed E-state index contributed by atoms with van der Waals surface area (Å²) < 4.78 is 0. The maximum absolute atomic E-state index is 2.38. The van der Waals surface area contributed by atoms with E-state index in [-0.39, 0.29) is 5.41 Å². The fraction of sp³-hybridized carbons (Fsp3) is 0.119. The van der Waals surface area contributed by atoms with Crippen LogP contribution < -0.4 is 19.6 Å². The highest BCUT2D eigenvalue weighted by Crippen LogP contribution is 2.51. The monoisotopic (exact) mass is 814 g/mol. The van der Waals surface area contributed by atoms with E-state index in [1.165, 1.54) is 112 Å². The third kappa shape index (κ3) is 6.44. The van der Waals surface area contributed by atoms with Gasteiger partial charge in [0, 0.05) is 33.6 Å². The van der Waals surface area contributed by atoms with Crippen LogP contribution in [-0.2, 0) is 5.41 Å². The lowest BCUT2D eigenvalue weighted by atomic mass is 9.81. The van der Waals surface area contributed by atoms with Crippen LogP contribution in [0.15, 0.2) is 170 Å². The standard InChI is InChI=1S/C59H50N4/c1-59(2)49-35-41(17-15-39-19-25-43(26-20-39)45-29-33-55-57(37-45)62(5)53-13-9-7-11-51(53)60(55)3)23-31-47(49)48-32-24-42(36-50(48)59)18-16-40-21-27-44(28-22-40)46-30-34-56-58(38-46)63(6)54-14-10-8-12-52(54)61(56)4/h7-38H,1-6H3. The summed E-state index contributed by atoms with van der Waals surface area (Å²) in [6.45, 7) is 4.72. The highest BCUT2D eigenvalue weighted by atomic mass is 15.2. The van der Waals surface area contributed by atoms with Crippen molar-refractivity contribution in [1.29, 1.82) is 0 Å². The van der Waals surface area contributed by atoms with Crippen LogP contribution in [0.3, 0.4) is 0 Å². The average molecular weight is 815 g/mol. The number of rotatable bonds is 6. The van der Waals surface area contributed by atoms with Gasteiger partial charge in [-0.15, -0.1) is 0 Å². The number of anilines is 8. The van der Waals surface area contributed by atoms with Crippen molar-refractivity contribution in [3.63, 3.8) is 0 Å². The molecule has 63 heavy (non-hydrogen) atoms. The van der Waals surface area contributed by atoms with Gasteiger partial charge in [0.2, 0.25) is 0 Å². The normalized spacial score (nSPS) is 14.4. The van der Waals surface area contributed by atoms with Crippen LogP contribution in [0.25, 0.3) is 57.7 Å². The molecule has 0 radical (unpaired) electrons. The summed E-state index contributed by atoms with van der Waals surface area (Å²) >= 11 is 0. The van der Waals surface area contributed by atoms with Crippen molar-refractivity contribution in [3.8, 4) is 33.4 Å². The predicted octanol–water partition coefficient (Wildman–Crippen LogP) is 15.4. The minimum Gasteiger partial charge on any atom is -0.341 e. The van der Waals surface area contributed by atoms with Crippen LogP contribution >= 0.6 is 0 Å². The molecule has 8 aromatic carbocycles. The van der Waals surface area contributed by atoms with E-state index in [2.05, 4.69) is 256 Å². The molecule has 2 heterocycles. The van der Waals surface area contributed by atoms with Gasteiger partial charge in [-0.2, -0.15) is 0 Å². The lowest BCUT2D eigenvalue weighted by Crippen LogP contribution is -2.24. The van der Waals surface area contributed by atoms with Crippen molar-refractivity contribution >= 4 is 69.8 Å². The van der Waals surface area contributed by atoms with Gasteiger partial charge in [0.15, 0.2) is 0 Å².